The van der Waals surface area contributed by atoms with Gasteiger partial charge in [0.2, 0.25) is 11.8 Å². The second-order valence-corrected chi connectivity index (χ2v) is 7.67. The van der Waals surface area contributed by atoms with Crippen LogP contribution in [0.1, 0.15) is 42.4 Å². The third-order valence-corrected chi connectivity index (χ3v) is 5.13. The van der Waals surface area contributed by atoms with Gasteiger partial charge in [0.25, 0.3) is 5.91 Å². The van der Waals surface area contributed by atoms with E-state index < -0.39 is 17.3 Å². The molecule has 4 aromatic rings. The molecule has 2 aromatic heterocycles. The number of hydrogen-bond donors (Lipinski definition) is 2. The molecule has 0 unspecified atom stereocenters. The Labute approximate surface area is 213 Å². The molecule has 0 radical (unpaired) electrons. The van der Waals surface area contributed by atoms with E-state index in [1.54, 1.807) is 31.2 Å². The van der Waals surface area contributed by atoms with Crippen LogP contribution in [0.4, 0.5) is 11.6 Å². The van der Waals surface area contributed by atoms with Crippen LogP contribution >= 0.6 is 0 Å². The van der Waals surface area contributed by atoms with Gasteiger partial charge in [0.15, 0.2) is 0 Å². The molecule has 3 N–H and O–H groups in total. The highest BCUT2D eigenvalue weighted by atomic mass is 16.5. The van der Waals surface area contributed by atoms with Crippen molar-refractivity contribution in [1.29, 1.82) is 0 Å². The standard InChI is InChI=1S/C24H23N7O4.C2H6/c1-3-30-23(33)29-22(31(24(30)34)14-16-6-4-15(2)5-7-16)27-17-8-10-18(11-9-17)35-20-13-26-12-19(28-20)21(25)32;1-2/h4-13H,3,14H2,1-2H3,(H2,25,32)(H,27,29,33);1-2H3. The summed E-state index contributed by atoms with van der Waals surface area (Å²) in [7, 11) is 0. The quantitative estimate of drug-likeness (QED) is 0.372. The van der Waals surface area contributed by atoms with Crippen LogP contribution < -0.4 is 27.2 Å². The van der Waals surface area contributed by atoms with E-state index in [0.29, 0.717) is 11.4 Å². The number of aromatic nitrogens is 5. The van der Waals surface area contributed by atoms with Crippen LogP contribution in [0.2, 0.25) is 0 Å². The minimum atomic E-state index is -0.711. The molecule has 0 aliphatic heterocycles. The van der Waals surface area contributed by atoms with Crippen LogP contribution in [-0.4, -0.2) is 30.0 Å². The van der Waals surface area contributed by atoms with Crippen molar-refractivity contribution < 1.29 is 9.53 Å². The van der Waals surface area contributed by atoms with Crippen molar-refractivity contribution in [3.8, 4) is 11.6 Å². The number of carbonyl (C=O) groups is 1. The van der Waals surface area contributed by atoms with Gasteiger partial charge in [0, 0.05) is 12.2 Å². The zero-order chi connectivity index (χ0) is 26.9. The predicted octanol–water partition coefficient (Wildman–Crippen LogP) is 3.23. The summed E-state index contributed by atoms with van der Waals surface area (Å²) in [6.45, 7) is 8.15. The Morgan fingerprint density at radius 3 is 2.27 bits per heavy atom. The van der Waals surface area contributed by atoms with Gasteiger partial charge >= 0.3 is 11.4 Å². The van der Waals surface area contributed by atoms with E-state index in [9.17, 15) is 14.4 Å². The average Bonchev–Trinajstić information content (AvgIpc) is 2.90. The number of nitrogens with zero attached hydrogens (tertiary/aromatic N) is 5. The molecule has 0 saturated carbocycles. The number of rotatable bonds is 8. The van der Waals surface area contributed by atoms with Crippen molar-refractivity contribution >= 4 is 17.5 Å². The highest BCUT2D eigenvalue weighted by Gasteiger charge is 2.13. The Balaban J connectivity index is 0.00000186. The third kappa shape index (κ3) is 6.66. The van der Waals surface area contributed by atoms with Gasteiger partial charge < -0.3 is 15.8 Å². The van der Waals surface area contributed by atoms with Crippen LogP contribution in [0.25, 0.3) is 0 Å². The Morgan fingerprint density at radius 2 is 1.65 bits per heavy atom. The van der Waals surface area contributed by atoms with Crippen LogP contribution in [0.15, 0.2) is 70.5 Å². The van der Waals surface area contributed by atoms with Crippen molar-refractivity contribution in [1.82, 2.24) is 24.1 Å². The lowest BCUT2D eigenvalue weighted by Gasteiger charge is -2.15. The van der Waals surface area contributed by atoms with Crippen molar-refractivity contribution in [2.45, 2.75) is 40.8 Å². The van der Waals surface area contributed by atoms with Gasteiger partial charge in [0.05, 0.1) is 18.9 Å². The molecule has 11 heteroatoms. The number of nitrogens with one attached hydrogen (secondary N) is 1. The van der Waals surface area contributed by atoms with E-state index in [1.807, 2.05) is 45.0 Å². The molecule has 1 amide bonds. The van der Waals surface area contributed by atoms with E-state index in [2.05, 4.69) is 20.3 Å². The molecule has 11 nitrogen and oxygen atoms in total. The predicted molar refractivity (Wildman–Crippen MR) is 140 cm³/mol. The molecule has 0 bridgehead atoms. The van der Waals surface area contributed by atoms with Crippen LogP contribution in [-0.2, 0) is 13.1 Å². The molecule has 0 fully saturated rings. The molecule has 192 valence electrons. The molecule has 0 atom stereocenters. The maximum absolute atomic E-state index is 13.0. The maximum atomic E-state index is 13.0. The van der Waals surface area contributed by atoms with Gasteiger partial charge in [0.1, 0.15) is 11.4 Å². The molecule has 0 aliphatic rings. The number of nitrogens with two attached hydrogens (primary N) is 1. The summed E-state index contributed by atoms with van der Waals surface area (Å²) in [4.78, 5) is 48.7. The Morgan fingerprint density at radius 1 is 0.973 bits per heavy atom. The number of hydrogen-bond acceptors (Lipinski definition) is 8. The summed E-state index contributed by atoms with van der Waals surface area (Å²) in [6.07, 6.45) is 2.60. The lowest BCUT2D eigenvalue weighted by molar-refractivity contribution is 0.0994. The topological polar surface area (TPSA) is 147 Å². The van der Waals surface area contributed by atoms with E-state index >= 15 is 0 Å². The number of carbonyl (C=O) groups excluding carboxylic acids is 1. The Kier molecular flexibility index (Phi) is 8.87. The first-order valence-corrected chi connectivity index (χ1v) is 11.8. The summed E-state index contributed by atoms with van der Waals surface area (Å²) >= 11 is 0. The highest BCUT2D eigenvalue weighted by molar-refractivity contribution is 5.90. The number of benzene rings is 2. The van der Waals surface area contributed by atoms with E-state index in [4.69, 9.17) is 10.5 Å². The summed E-state index contributed by atoms with van der Waals surface area (Å²) in [5.74, 6) is -0.0488. The largest absolute Gasteiger partial charge is 0.437 e. The second kappa shape index (κ2) is 12.2. The van der Waals surface area contributed by atoms with E-state index in [1.165, 1.54) is 17.0 Å². The Hall–Kier alpha value is -4.80. The number of anilines is 2. The average molecular weight is 504 g/mol. The first kappa shape index (κ1) is 26.8. The molecule has 0 aliphatic carbocycles. The Bertz CT molecular complexity index is 1480. The second-order valence-electron chi connectivity index (χ2n) is 7.67. The van der Waals surface area contributed by atoms with Gasteiger partial charge in [-0.1, -0.05) is 43.7 Å². The third-order valence-electron chi connectivity index (χ3n) is 5.13. The van der Waals surface area contributed by atoms with Crippen molar-refractivity contribution in [2.75, 3.05) is 5.32 Å². The first-order valence-electron chi connectivity index (χ1n) is 11.8. The normalized spacial score (nSPS) is 10.3. The van der Waals surface area contributed by atoms with Crippen molar-refractivity contribution in [3.63, 3.8) is 0 Å². The first-order chi connectivity index (χ1) is 17.8. The molecular formula is C26H29N7O4. The van der Waals surface area contributed by atoms with Gasteiger partial charge in [-0.05, 0) is 43.7 Å². The maximum Gasteiger partial charge on any atom is 0.354 e. The number of aryl methyl sites for hydroxylation is 1. The fourth-order valence-corrected chi connectivity index (χ4v) is 3.29. The zero-order valence-electron chi connectivity index (χ0n) is 21.1. The molecule has 4 rings (SSSR count). The highest BCUT2D eigenvalue weighted by Crippen LogP contribution is 2.22. The lowest BCUT2D eigenvalue weighted by atomic mass is 10.1. The van der Waals surface area contributed by atoms with E-state index in [0.717, 1.165) is 15.7 Å². The van der Waals surface area contributed by atoms with Crippen LogP contribution in [0, 0.1) is 6.92 Å². The molecule has 2 aromatic carbocycles. The number of amides is 1. The van der Waals surface area contributed by atoms with Gasteiger partial charge in [-0.25, -0.2) is 19.1 Å². The fourth-order valence-electron chi connectivity index (χ4n) is 3.29. The summed E-state index contributed by atoms with van der Waals surface area (Å²) in [6, 6.07) is 14.4. The number of primary amides is 1. The molecular weight excluding hydrogens is 474 g/mol. The SMILES string of the molecule is CC.CCn1c(=O)nc(Nc2ccc(Oc3cncc(C(N)=O)n3)cc2)n(Cc2ccc(C)cc2)c1=O. The summed E-state index contributed by atoms with van der Waals surface area (Å²) in [5.41, 5.74) is 6.69. The minimum Gasteiger partial charge on any atom is -0.437 e. The zero-order valence-corrected chi connectivity index (χ0v) is 21.1. The van der Waals surface area contributed by atoms with Crippen molar-refractivity contribution in [3.05, 3.63) is 98.7 Å². The minimum absolute atomic E-state index is 0.0137. The summed E-state index contributed by atoms with van der Waals surface area (Å²) in [5, 5.41) is 3.05. The molecule has 0 spiro atoms. The van der Waals surface area contributed by atoms with Crippen LogP contribution in [0.3, 0.4) is 0 Å². The van der Waals surface area contributed by atoms with E-state index in [-0.39, 0.29) is 30.6 Å². The van der Waals surface area contributed by atoms with Crippen molar-refractivity contribution in [2.24, 2.45) is 5.73 Å². The van der Waals surface area contributed by atoms with Gasteiger partial charge in [-0.2, -0.15) is 4.98 Å². The van der Waals surface area contributed by atoms with Gasteiger partial charge in [-0.3, -0.25) is 14.3 Å². The summed E-state index contributed by atoms with van der Waals surface area (Å²) < 4.78 is 8.12. The number of ether oxygens (including phenoxy) is 1. The monoisotopic (exact) mass is 503 g/mol. The van der Waals surface area contributed by atoms with Gasteiger partial charge in [-0.15, -0.1) is 0 Å². The molecule has 2 heterocycles. The lowest BCUT2D eigenvalue weighted by Crippen LogP contribution is -2.42. The smallest absolute Gasteiger partial charge is 0.354 e. The fraction of sp³-hybridized carbons (Fsp3) is 0.231. The molecule has 0 saturated heterocycles. The molecule has 37 heavy (non-hydrogen) atoms. The van der Waals surface area contributed by atoms with Crippen LogP contribution in [0.5, 0.6) is 11.6 Å².